The lowest BCUT2D eigenvalue weighted by atomic mass is 10.0. The molecule has 1 fully saturated rings. The van der Waals surface area contributed by atoms with E-state index in [1.54, 1.807) is 4.68 Å². The Morgan fingerprint density at radius 2 is 1.70 bits per heavy atom. The number of fused-ring (bicyclic) bond motifs is 1. The molecule has 0 spiro atoms. The highest BCUT2D eigenvalue weighted by molar-refractivity contribution is 7.99. The average molecular weight is 459 g/mol. The van der Waals surface area contributed by atoms with Crippen molar-refractivity contribution in [1.82, 2.24) is 30.0 Å². The van der Waals surface area contributed by atoms with Gasteiger partial charge in [-0.3, -0.25) is 9.69 Å². The van der Waals surface area contributed by atoms with Crippen molar-refractivity contribution in [3.05, 3.63) is 77.9 Å². The van der Waals surface area contributed by atoms with Crippen LogP contribution in [0.15, 0.2) is 71.9 Å². The summed E-state index contributed by atoms with van der Waals surface area (Å²) < 4.78 is 1.68. The molecule has 0 saturated carbocycles. The van der Waals surface area contributed by atoms with Gasteiger partial charge in [0.1, 0.15) is 0 Å². The first kappa shape index (κ1) is 21.6. The number of nitrogens with zero attached hydrogens (tertiary/aromatic N) is 6. The zero-order valence-electron chi connectivity index (χ0n) is 18.6. The van der Waals surface area contributed by atoms with Crippen LogP contribution in [0.2, 0.25) is 0 Å². The number of thioether (sulfide) groups is 1. The summed E-state index contributed by atoms with van der Waals surface area (Å²) in [7, 11) is 0. The van der Waals surface area contributed by atoms with E-state index in [1.807, 2.05) is 36.1 Å². The summed E-state index contributed by atoms with van der Waals surface area (Å²) >= 11 is 1.38. The van der Waals surface area contributed by atoms with Crippen molar-refractivity contribution in [3.63, 3.8) is 0 Å². The molecule has 4 aromatic rings. The topological polar surface area (TPSA) is 67.2 Å². The minimum absolute atomic E-state index is 0.128. The van der Waals surface area contributed by atoms with Crippen molar-refractivity contribution in [2.75, 3.05) is 31.9 Å². The fourth-order valence-corrected chi connectivity index (χ4v) is 4.95. The molecule has 7 nitrogen and oxygen atoms in total. The van der Waals surface area contributed by atoms with E-state index in [0.29, 0.717) is 10.9 Å². The molecule has 0 radical (unpaired) electrons. The number of benzene rings is 3. The molecule has 1 aliphatic rings. The molecule has 0 unspecified atom stereocenters. The van der Waals surface area contributed by atoms with Crippen LogP contribution in [-0.2, 0) is 11.3 Å². The monoisotopic (exact) mass is 458 g/mol. The van der Waals surface area contributed by atoms with Crippen LogP contribution in [0.1, 0.15) is 11.1 Å². The van der Waals surface area contributed by atoms with Gasteiger partial charge in [0.15, 0.2) is 0 Å². The average Bonchev–Trinajstić information content (AvgIpc) is 3.32. The second-order valence-corrected chi connectivity index (χ2v) is 9.24. The van der Waals surface area contributed by atoms with Gasteiger partial charge in [-0.05, 0) is 45.8 Å². The van der Waals surface area contributed by atoms with Gasteiger partial charge in [0, 0.05) is 32.7 Å². The lowest BCUT2D eigenvalue weighted by molar-refractivity contribution is -0.130. The summed E-state index contributed by atoms with van der Waals surface area (Å²) in [4.78, 5) is 17.2. The maximum absolute atomic E-state index is 12.8. The number of amides is 1. The molecule has 3 aromatic carbocycles. The quantitative estimate of drug-likeness (QED) is 0.412. The van der Waals surface area contributed by atoms with Crippen LogP contribution in [0.5, 0.6) is 0 Å². The molecule has 0 aliphatic carbocycles. The first-order chi connectivity index (χ1) is 16.2. The van der Waals surface area contributed by atoms with E-state index in [2.05, 4.69) is 62.9 Å². The number of carbonyl (C=O) groups excluding carboxylic acids is 1. The van der Waals surface area contributed by atoms with E-state index in [4.69, 9.17) is 0 Å². The Balaban J connectivity index is 1.15. The molecule has 168 valence electrons. The number of aryl methyl sites for hydroxylation is 1. The van der Waals surface area contributed by atoms with Crippen molar-refractivity contribution in [1.29, 1.82) is 0 Å². The predicted molar refractivity (Wildman–Crippen MR) is 130 cm³/mol. The molecule has 1 aromatic heterocycles. The molecule has 8 heteroatoms. The van der Waals surface area contributed by atoms with Gasteiger partial charge in [0.25, 0.3) is 0 Å². The second-order valence-electron chi connectivity index (χ2n) is 8.29. The SMILES string of the molecule is Cc1ccc(-n2nnnc2SCC(=O)N2CCN(Cc3cccc4ccccc34)CC2)cc1. The third-order valence-electron chi connectivity index (χ3n) is 6.04. The van der Waals surface area contributed by atoms with Gasteiger partial charge >= 0.3 is 0 Å². The summed E-state index contributed by atoms with van der Waals surface area (Å²) in [5.74, 6) is 0.457. The zero-order valence-corrected chi connectivity index (χ0v) is 19.4. The summed E-state index contributed by atoms with van der Waals surface area (Å²) in [6, 6.07) is 23.0. The molecule has 33 heavy (non-hydrogen) atoms. The highest BCUT2D eigenvalue weighted by atomic mass is 32.2. The van der Waals surface area contributed by atoms with Gasteiger partial charge in [-0.15, -0.1) is 5.10 Å². The molecule has 0 bridgehead atoms. The van der Waals surface area contributed by atoms with E-state index in [9.17, 15) is 4.79 Å². The van der Waals surface area contributed by atoms with Gasteiger partial charge < -0.3 is 4.90 Å². The Hall–Kier alpha value is -3.23. The lowest BCUT2D eigenvalue weighted by Crippen LogP contribution is -2.48. The fraction of sp³-hybridized carbons (Fsp3) is 0.280. The van der Waals surface area contributed by atoms with Crippen molar-refractivity contribution < 1.29 is 4.79 Å². The van der Waals surface area contributed by atoms with Gasteiger partial charge in [0.05, 0.1) is 11.4 Å². The van der Waals surface area contributed by atoms with E-state index in [1.165, 1.54) is 33.7 Å². The molecule has 0 N–H and O–H groups in total. The van der Waals surface area contributed by atoms with Crippen LogP contribution in [0.3, 0.4) is 0 Å². The van der Waals surface area contributed by atoms with Crippen molar-refractivity contribution in [2.24, 2.45) is 0 Å². The smallest absolute Gasteiger partial charge is 0.233 e. The molecule has 1 saturated heterocycles. The Morgan fingerprint density at radius 3 is 2.52 bits per heavy atom. The summed E-state index contributed by atoms with van der Waals surface area (Å²) in [6.07, 6.45) is 0. The number of tetrazole rings is 1. The first-order valence-corrected chi connectivity index (χ1v) is 12.1. The Bertz CT molecular complexity index is 1240. The number of hydrogen-bond donors (Lipinski definition) is 0. The Morgan fingerprint density at radius 1 is 0.939 bits per heavy atom. The molecule has 1 aliphatic heterocycles. The molecule has 5 rings (SSSR count). The minimum Gasteiger partial charge on any atom is -0.339 e. The van der Waals surface area contributed by atoms with Crippen LogP contribution >= 0.6 is 11.8 Å². The maximum Gasteiger partial charge on any atom is 0.233 e. The van der Waals surface area contributed by atoms with Gasteiger partial charge in [-0.1, -0.05) is 71.9 Å². The van der Waals surface area contributed by atoms with Crippen LogP contribution in [0.25, 0.3) is 16.5 Å². The van der Waals surface area contributed by atoms with Gasteiger partial charge in [-0.2, -0.15) is 4.68 Å². The maximum atomic E-state index is 12.8. The highest BCUT2D eigenvalue weighted by Crippen LogP contribution is 2.22. The lowest BCUT2D eigenvalue weighted by Gasteiger charge is -2.35. The summed E-state index contributed by atoms with van der Waals surface area (Å²) in [5.41, 5.74) is 3.41. The van der Waals surface area contributed by atoms with Crippen molar-refractivity contribution in [3.8, 4) is 5.69 Å². The number of carbonyl (C=O) groups is 1. The molecule has 1 amide bonds. The normalized spacial score (nSPS) is 14.6. The Labute approximate surface area is 197 Å². The first-order valence-electron chi connectivity index (χ1n) is 11.1. The third-order valence-corrected chi connectivity index (χ3v) is 6.95. The number of piperazine rings is 1. The van der Waals surface area contributed by atoms with Gasteiger partial charge in [-0.25, -0.2) is 0 Å². The van der Waals surface area contributed by atoms with E-state index >= 15 is 0 Å². The molecule has 2 heterocycles. The summed E-state index contributed by atoms with van der Waals surface area (Å²) in [6.45, 7) is 6.19. The minimum atomic E-state index is 0.128. The number of rotatable bonds is 6. The van der Waals surface area contributed by atoms with Gasteiger partial charge in [0.2, 0.25) is 11.1 Å². The molecule has 0 atom stereocenters. The van der Waals surface area contributed by atoms with Crippen LogP contribution in [0, 0.1) is 6.92 Å². The molecular weight excluding hydrogens is 432 g/mol. The largest absolute Gasteiger partial charge is 0.339 e. The summed E-state index contributed by atoms with van der Waals surface area (Å²) in [5, 5.41) is 15.2. The van der Waals surface area contributed by atoms with Crippen LogP contribution in [-0.4, -0.2) is 67.8 Å². The Kier molecular flexibility index (Phi) is 6.37. The molecular formula is C25H26N6OS. The predicted octanol–water partition coefficient (Wildman–Crippen LogP) is 3.56. The number of aromatic nitrogens is 4. The van der Waals surface area contributed by atoms with Crippen molar-refractivity contribution >= 4 is 28.4 Å². The standard InChI is InChI=1S/C25H26N6OS/c1-19-9-11-22(12-10-19)31-25(26-27-28-31)33-18-24(32)30-15-13-29(14-16-30)17-21-7-4-6-20-5-2-3-8-23(20)21/h2-12H,13-18H2,1H3. The van der Waals surface area contributed by atoms with E-state index < -0.39 is 0 Å². The highest BCUT2D eigenvalue weighted by Gasteiger charge is 2.22. The number of hydrogen-bond acceptors (Lipinski definition) is 6. The zero-order chi connectivity index (χ0) is 22.6. The van der Waals surface area contributed by atoms with E-state index in [0.717, 1.165) is 38.4 Å². The van der Waals surface area contributed by atoms with Crippen LogP contribution in [0.4, 0.5) is 0 Å². The fourth-order valence-electron chi connectivity index (χ4n) is 4.16. The van der Waals surface area contributed by atoms with Crippen molar-refractivity contribution in [2.45, 2.75) is 18.6 Å². The van der Waals surface area contributed by atoms with E-state index in [-0.39, 0.29) is 5.91 Å². The van der Waals surface area contributed by atoms with Crippen LogP contribution < -0.4 is 0 Å². The third kappa shape index (κ3) is 4.91. The second kappa shape index (κ2) is 9.72.